The number of benzene rings is 1. The minimum atomic E-state index is -3.89. The first-order valence-electron chi connectivity index (χ1n) is 4.93. The predicted molar refractivity (Wildman–Crippen MR) is 61.3 cm³/mol. The van der Waals surface area contributed by atoms with Crippen molar-refractivity contribution in [2.45, 2.75) is 11.4 Å². The molecule has 1 aromatic carbocycles. The van der Waals surface area contributed by atoms with E-state index in [-0.39, 0.29) is 17.1 Å². The first kappa shape index (κ1) is 12.5. The quantitative estimate of drug-likeness (QED) is 0.804. The SMILES string of the molecule is Nc1ccc(F)cc1S(=O)(=O)NCc1ccon1. The van der Waals surface area contributed by atoms with Crippen molar-refractivity contribution in [1.29, 1.82) is 0 Å². The van der Waals surface area contributed by atoms with Crippen LogP contribution in [0.25, 0.3) is 0 Å². The zero-order valence-corrected chi connectivity index (χ0v) is 9.95. The van der Waals surface area contributed by atoms with Crippen molar-refractivity contribution in [3.05, 3.63) is 42.0 Å². The van der Waals surface area contributed by atoms with E-state index in [1.807, 2.05) is 0 Å². The number of nitrogens with two attached hydrogens (primary N) is 1. The van der Waals surface area contributed by atoms with Gasteiger partial charge in [-0.2, -0.15) is 0 Å². The van der Waals surface area contributed by atoms with Crippen LogP contribution in [0.1, 0.15) is 5.69 Å². The van der Waals surface area contributed by atoms with E-state index in [2.05, 4.69) is 14.4 Å². The Balaban J connectivity index is 2.22. The summed E-state index contributed by atoms with van der Waals surface area (Å²) in [5, 5.41) is 3.55. The fourth-order valence-corrected chi connectivity index (χ4v) is 2.46. The predicted octanol–water partition coefficient (Wildman–Crippen LogP) is 0.874. The number of aromatic nitrogens is 1. The van der Waals surface area contributed by atoms with Crippen molar-refractivity contribution in [1.82, 2.24) is 9.88 Å². The van der Waals surface area contributed by atoms with Crippen molar-refractivity contribution >= 4 is 15.7 Å². The van der Waals surface area contributed by atoms with E-state index in [0.717, 1.165) is 12.1 Å². The maximum absolute atomic E-state index is 13.0. The molecule has 0 radical (unpaired) electrons. The van der Waals surface area contributed by atoms with Crippen molar-refractivity contribution in [2.24, 2.45) is 0 Å². The summed E-state index contributed by atoms with van der Waals surface area (Å²) >= 11 is 0. The van der Waals surface area contributed by atoms with Gasteiger partial charge in [-0.3, -0.25) is 0 Å². The summed E-state index contributed by atoms with van der Waals surface area (Å²) in [6.07, 6.45) is 1.32. The Morgan fingerprint density at radius 2 is 2.17 bits per heavy atom. The molecule has 6 nitrogen and oxygen atoms in total. The smallest absolute Gasteiger partial charge is 0.243 e. The number of hydrogen-bond acceptors (Lipinski definition) is 5. The van der Waals surface area contributed by atoms with Gasteiger partial charge >= 0.3 is 0 Å². The topological polar surface area (TPSA) is 98.2 Å². The van der Waals surface area contributed by atoms with Gasteiger partial charge in [0.05, 0.1) is 17.9 Å². The molecule has 0 aliphatic heterocycles. The Labute approximate surface area is 103 Å². The van der Waals surface area contributed by atoms with E-state index in [9.17, 15) is 12.8 Å². The molecule has 0 amide bonds. The number of sulfonamides is 1. The summed E-state index contributed by atoms with van der Waals surface area (Å²) in [5.74, 6) is -0.675. The van der Waals surface area contributed by atoms with E-state index in [1.165, 1.54) is 18.4 Å². The summed E-state index contributed by atoms with van der Waals surface area (Å²) < 4.78 is 43.6. The van der Waals surface area contributed by atoms with Gasteiger partial charge < -0.3 is 10.3 Å². The van der Waals surface area contributed by atoms with Crippen LogP contribution in [0.3, 0.4) is 0 Å². The molecule has 0 unspecified atom stereocenters. The Kier molecular flexibility index (Phi) is 3.30. The zero-order valence-electron chi connectivity index (χ0n) is 9.13. The molecule has 0 bridgehead atoms. The summed E-state index contributed by atoms with van der Waals surface area (Å²) in [6.45, 7) is -0.0607. The number of nitrogens with one attached hydrogen (secondary N) is 1. The van der Waals surface area contributed by atoms with Crippen LogP contribution in [-0.4, -0.2) is 13.6 Å². The molecule has 1 aromatic heterocycles. The average Bonchev–Trinajstić information content (AvgIpc) is 2.83. The number of halogens is 1. The number of anilines is 1. The Bertz CT molecular complexity index is 640. The number of hydrogen-bond donors (Lipinski definition) is 2. The molecule has 1 heterocycles. The molecular formula is C10H10FN3O3S. The molecule has 2 rings (SSSR count). The molecule has 0 atom stereocenters. The highest BCUT2D eigenvalue weighted by atomic mass is 32.2. The molecule has 0 aliphatic rings. The van der Waals surface area contributed by atoms with Crippen LogP contribution < -0.4 is 10.5 Å². The van der Waals surface area contributed by atoms with Crippen LogP contribution in [0.15, 0.2) is 39.9 Å². The fraction of sp³-hybridized carbons (Fsp3) is 0.100. The molecule has 18 heavy (non-hydrogen) atoms. The second-order valence-electron chi connectivity index (χ2n) is 3.50. The number of nitrogens with zero attached hydrogens (tertiary/aromatic N) is 1. The van der Waals surface area contributed by atoms with Gasteiger partial charge in [0.25, 0.3) is 0 Å². The second kappa shape index (κ2) is 4.75. The van der Waals surface area contributed by atoms with E-state index in [4.69, 9.17) is 5.73 Å². The third-order valence-corrected chi connectivity index (χ3v) is 3.66. The molecule has 3 N–H and O–H groups in total. The first-order valence-corrected chi connectivity index (χ1v) is 6.41. The Morgan fingerprint density at radius 1 is 1.39 bits per heavy atom. The van der Waals surface area contributed by atoms with Gasteiger partial charge in [-0.25, -0.2) is 17.5 Å². The fourth-order valence-electron chi connectivity index (χ4n) is 1.32. The van der Waals surface area contributed by atoms with Crippen LogP contribution in [0.4, 0.5) is 10.1 Å². The molecule has 2 aromatic rings. The summed E-state index contributed by atoms with van der Waals surface area (Å²) in [6, 6.07) is 4.66. The highest BCUT2D eigenvalue weighted by Gasteiger charge is 2.18. The van der Waals surface area contributed by atoms with Gasteiger partial charge in [-0.05, 0) is 18.2 Å². The van der Waals surface area contributed by atoms with Crippen molar-refractivity contribution in [2.75, 3.05) is 5.73 Å². The van der Waals surface area contributed by atoms with Gasteiger partial charge in [-0.15, -0.1) is 0 Å². The van der Waals surface area contributed by atoms with Gasteiger partial charge in [0.15, 0.2) is 0 Å². The summed E-state index contributed by atoms with van der Waals surface area (Å²) in [7, 11) is -3.89. The first-order chi connectivity index (χ1) is 8.49. The standard InChI is InChI=1S/C10H10FN3O3S/c11-7-1-2-9(12)10(5-7)18(15,16)13-6-8-3-4-17-14-8/h1-5,13H,6,12H2. The van der Waals surface area contributed by atoms with Crippen molar-refractivity contribution in [3.63, 3.8) is 0 Å². The van der Waals surface area contributed by atoms with Gasteiger partial charge in [-0.1, -0.05) is 5.16 Å². The Morgan fingerprint density at radius 3 is 2.83 bits per heavy atom. The lowest BCUT2D eigenvalue weighted by molar-refractivity contribution is 0.411. The number of nitrogen functional groups attached to an aromatic ring is 1. The van der Waals surface area contributed by atoms with E-state index < -0.39 is 15.8 Å². The molecule has 96 valence electrons. The molecule has 8 heteroatoms. The normalized spacial score (nSPS) is 11.6. The van der Waals surface area contributed by atoms with E-state index >= 15 is 0 Å². The minimum absolute atomic E-state index is 0.0240. The molecular weight excluding hydrogens is 261 g/mol. The van der Waals surface area contributed by atoms with Crippen LogP contribution in [0.5, 0.6) is 0 Å². The molecule has 0 aliphatic carbocycles. The third-order valence-electron chi connectivity index (χ3n) is 2.20. The van der Waals surface area contributed by atoms with Gasteiger partial charge in [0, 0.05) is 6.07 Å². The molecule has 0 saturated carbocycles. The Hall–Kier alpha value is -1.93. The van der Waals surface area contributed by atoms with E-state index in [0.29, 0.717) is 5.69 Å². The minimum Gasteiger partial charge on any atom is -0.398 e. The molecule has 0 spiro atoms. The second-order valence-corrected chi connectivity index (χ2v) is 5.23. The zero-order chi connectivity index (χ0) is 13.2. The molecule has 0 saturated heterocycles. The van der Waals surface area contributed by atoms with Crippen molar-refractivity contribution < 1.29 is 17.3 Å². The average molecular weight is 271 g/mol. The lowest BCUT2D eigenvalue weighted by Crippen LogP contribution is -2.24. The summed E-state index contributed by atoms with van der Waals surface area (Å²) in [5.41, 5.74) is 5.89. The number of rotatable bonds is 4. The van der Waals surface area contributed by atoms with Crippen LogP contribution in [0, 0.1) is 5.82 Å². The lowest BCUT2D eigenvalue weighted by atomic mass is 10.3. The van der Waals surface area contributed by atoms with Crippen LogP contribution in [-0.2, 0) is 16.6 Å². The monoisotopic (exact) mass is 271 g/mol. The summed E-state index contributed by atoms with van der Waals surface area (Å²) in [4.78, 5) is -0.300. The van der Waals surface area contributed by atoms with E-state index in [1.54, 1.807) is 0 Å². The largest absolute Gasteiger partial charge is 0.398 e. The van der Waals surface area contributed by atoms with Gasteiger partial charge in [0.1, 0.15) is 17.0 Å². The highest BCUT2D eigenvalue weighted by Crippen LogP contribution is 2.19. The van der Waals surface area contributed by atoms with Gasteiger partial charge in [0.2, 0.25) is 10.0 Å². The third kappa shape index (κ3) is 2.66. The highest BCUT2D eigenvalue weighted by molar-refractivity contribution is 7.89. The van der Waals surface area contributed by atoms with Crippen molar-refractivity contribution in [3.8, 4) is 0 Å². The lowest BCUT2D eigenvalue weighted by Gasteiger charge is -2.07. The molecule has 0 fully saturated rings. The maximum atomic E-state index is 13.0. The van der Waals surface area contributed by atoms with Crippen LogP contribution in [0.2, 0.25) is 0 Å². The van der Waals surface area contributed by atoms with Crippen LogP contribution >= 0.6 is 0 Å². The maximum Gasteiger partial charge on any atom is 0.243 e.